The van der Waals surface area contributed by atoms with Gasteiger partial charge in [-0.1, -0.05) is 20.8 Å². The van der Waals surface area contributed by atoms with Crippen LogP contribution >= 0.6 is 0 Å². The lowest BCUT2D eigenvalue weighted by Gasteiger charge is -2.26. The zero-order chi connectivity index (χ0) is 17.5. The molecule has 1 aliphatic rings. The zero-order valence-electron chi connectivity index (χ0n) is 14.5. The molecule has 5 heteroatoms. The number of benzene rings is 1. The Labute approximate surface area is 142 Å². The predicted octanol–water partition coefficient (Wildman–Crippen LogP) is 3.25. The van der Waals surface area contributed by atoms with E-state index in [0.29, 0.717) is 12.5 Å². The molecule has 0 saturated carbocycles. The molecule has 2 aromatic rings. The Bertz CT molecular complexity index is 754. The molecule has 0 spiro atoms. The van der Waals surface area contributed by atoms with E-state index in [1.807, 2.05) is 16.8 Å². The van der Waals surface area contributed by atoms with E-state index in [9.17, 15) is 4.79 Å². The molecule has 0 amide bonds. The molecule has 0 radical (unpaired) electrons. The maximum absolute atomic E-state index is 11.1. The number of aromatic nitrogens is 2. The van der Waals surface area contributed by atoms with Gasteiger partial charge in [-0.25, -0.2) is 9.48 Å². The van der Waals surface area contributed by atoms with E-state index in [1.165, 1.54) is 11.3 Å². The van der Waals surface area contributed by atoms with Gasteiger partial charge in [-0.15, -0.1) is 0 Å². The first-order chi connectivity index (χ1) is 11.3. The summed E-state index contributed by atoms with van der Waals surface area (Å²) in [5.74, 6) is -0.558. The van der Waals surface area contributed by atoms with Crippen LogP contribution in [0.5, 0.6) is 0 Å². The number of carboxylic acids is 1. The minimum Gasteiger partial charge on any atom is -0.478 e. The molecule has 3 rings (SSSR count). The number of hydrogen-bond donors (Lipinski definition) is 2. The molecule has 0 saturated heterocycles. The van der Waals surface area contributed by atoms with Crippen molar-refractivity contribution < 1.29 is 9.90 Å². The Morgan fingerprint density at radius 1 is 1.33 bits per heavy atom. The Hall–Kier alpha value is -2.14. The molecule has 3 N–H and O–H groups in total. The summed E-state index contributed by atoms with van der Waals surface area (Å²) >= 11 is 0. The first-order valence-electron chi connectivity index (χ1n) is 8.49. The van der Waals surface area contributed by atoms with Crippen molar-refractivity contribution in [1.29, 1.82) is 0 Å². The van der Waals surface area contributed by atoms with Crippen LogP contribution in [0.3, 0.4) is 0 Å². The fraction of sp³-hybridized carbons (Fsp3) is 0.474. The summed E-state index contributed by atoms with van der Waals surface area (Å²) < 4.78 is 1.99. The average Bonchev–Trinajstić information content (AvgIpc) is 2.94. The molecule has 1 heterocycles. The van der Waals surface area contributed by atoms with Gasteiger partial charge in [0.2, 0.25) is 0 Å². The number of rotatable bonds is 3. The Morgan fingerprint density at radius 2 is 2.00 bits per heavy atom. The van der Waals surface area contributed by atoms with Crippen molar-refractivity contribution in [3.05, 3.63) is 46.8 Å². The molecule has 1 unspecified atom stereocenters. The SMILES string of the molecule is CC(C)(C)c1nn(-c2ccc(C(=O)O)cc2)c2c1C(CN)CCC2. The van der Waals surface area contributed by atoms with Crippen LogP contribution in [0.15, 0.2) is 24.3 Å². The summed E-state index contributed by atoms with van der Waals surface area (Å²) in [5, 5.41) is 14.0. The summed E-state index contributed by atoms with van der Waals surface area (Å²) in [6.07, 6.45) is 3.20. The number of aromatic carboxylic acids is 1. The minimum atomic E-state index is -0.914. The van der Waals surface area contributed by atoms with Gasteiger partial charge >= 0.3 is 5.97 Å². The summed E-state index contributed by atoms with van der Waals surface area (Å²) in [7, 11) is 0. The number of nitrogens with two attached hydrogens (primary N) is 1. The lowest BCUT2D eigenvalue weighted by atomic mass is 9.79. The van der Waals surface area contributed by atoms with Gasteiger partial charge in [0.25, 0.3) is 0 Å². The highest BCUT2D eigenvalue weighted by Gasteiger charge is 2.33. The van der Waals surface area contributed by atoms with Crippen LogP contribution in [0.4, 0.5) is 0 Å². The molecule has 24 heavy (non-hydrogen) atoms. The van der Waals surface area contributed by atoms with Gasteiger partial charge < -0.3 is 10.8 Å². The van der Waals surface area contributed by atoms with Crippen molar-refractivity contribution in [3.63, 3.8) is 0 Å². The van der Waals surface area contributed by atoms with Crippen LogP contribution < -0.4 is 5.73 Å². The second-order valence-electron chi connectivity index (χ2n) is 7.55. The van der Waals surface area contributed by atoms with E-state index in [0.717, 1.165) is 30.6 Å². The van der Waals surface area contributed by atoms with Crippen molar-refractivity contribution in [2.75, 3.05) is 6.54 Å². The van der Waals surface area contributed by atoms with Crippen molar-refractivity contribution in [2.24, 2.45) is 5.73 Å². The van der Waals surface area contributed by atoms with Gasteiger partial charge in [0.1, 0.15) is 0 Å². The van der Waals surface area contributed by atoms with E-state index in [-0.39, 0.29) is 11.0 Å². The highest BCUT2D eigenvalue weighted by Crippen LogP contribution is 2.39. The number of carbonyl (C=O) groups is 1. The molecular weight excluding hydrogens is 302 g/mol. The molecular formula is C19H25N3O2. The third-order valence-electron chi connectivity index (χ3n) is 4.75. The van der Waals surface area contributed by atoms with Crippen LogP contribution in [0, 0.1) is 0 Å². The van der Waals surface area contributed by atoms with E-state index in [4.69, 9.17) is 15.9 Å². The average molecular weight is 327 g/mol. The predicted molar refractivity (Wildman–Crippen MR) is 94.0 cm³/mol. The summed E-state index contributed by atoms with van der Waals surface area (Å²) in [4.78, 5) is 11.1. The zero-order valence-corrected chi connectivity index (χ0v) is 14.5. The second kappa shape index (κ2) is 6.06. The summed E-state index contributed by atoms with van der Waals surface area (Å²) in [5.41, 5.74) is 10.8. The Balaban J connectivity index is 2.15. The third-order valence-corrected chi connectivity index (χ3v) is 4.75. The number of nitrogens with zero attached hydrogens (tertiary/aromatic N) is 2. The topological polar surface area (TPSA) is 81.1 Å². The van der Waals surface area contributed by atoms with Gasteiger partial charge in [0.05, 0.1) is 16.9 Å². The maximum atomic E-state index is 11.1. The second-order valence-corrected chi connectivity index (χ2v) is 7.55. The molecule has 1 atom stereocenters. The fourth-order valence-corrected chi connectivity index (χ4v) is 3.54. The number of hydrogen-bond acceptors (Lipinski definition) is 3. The largest absolute Gasteiger partial charge is 0.478 e. The van der Waals surface area contributed by atoms with Crippen LogP contribution in [0.25, 0.3) is 5.69 Å². The van der Waals surface area contributed by atoms with Crippen molar-refractivity contribution in [2.45, 2.75) is 51.4 Å². The lowest BCUT2D eigenvalue weighted by molar-refractivity contribution is 0.0697. The molecule has 128 valence electrons. The lowest BCUT2D eigenvalue weighted by Crippen LogP contribution is -2.22. The van der Waals surface area contributed by atoms with Crippen molar-refractivity contribution in [1.82, 2.24) is 9.78 Å². The van der Waals surface area contributed by atoms with Crippen molar-refractivity contribution >= 4 is 5.97 Å². The maximum Gasteiger partial charge on any atom is 0.335 e. The molecule has 1 aromatic heterocycles. The molecule has 1 aliphatic carbocycles. The van der Waals surface area contributed by atoms with Gasteiger partial charge in [-0.05, 0) is 56.0 Å². The molecule has 0 bridgehead atoms. The van der Waals surface area contributed by atoms with Gasteiger partial charge in [-0.3, -0.25) is 0 Å². The Morgan fingerprint density at radius 3 is 2.54 bits per heavy atom. The number of fused-ring (bicyclic) bond motifs is 1. The molecule has 0 fully saturated rings. The smallest absolute Gasteiger partial charge is 0.335 e. The monoisotopic (exact) mass is 327 g/mol. The van der Waals surface area contributed by atoms with E-state index in [2.05, 4.69) is 20.8 Å². The van der Waals surface area contributed by atoms with E-state index in [1.54, 1.807) is 12.1 Å². The standard InChI is InChI=1S/C19H25N3O2/c1-19(2,3)17-16-13(11-20)5-4-6-15(16)22(21-17)14-9-7-12(8-10-14)18(23)24/h7-10,13H,4-6,11,20H2,1-3H3,(H,23,24). The van der Waals surface area contributed by atoms with Crippen LogP contribution in [0.1, 0.15) is 66.8 Å². The molecule has 0 aliphatic heterocycles. The van der Waals surface area contributed by atoms with Crippen LogP contribution in [0.2, 0.25) is 0 Å². The summed E-state index contributed by atoms with van der Waals surface area (Å²) in [6.45, 7) is 7.17. The van der Waals surface area contributed by atoms with Crippen LogP contribution in [-0.4, -0.2) is 27.4 Å². The van der Waals surface area contributed by atoms with E-state index < -0.39 is 5.97 Å². The normalized spacial score (nSPS) is 17.6. The van der Waals surface area contributed by atoms with Gasteiger partial charge in [-0.2, -0.15) is 5.10 Å². The van der Waals surface area contributed by atoms with E-state index >= 15 is 0 Å². The molecule has 1 aromatic carbocycles. The third kappa shape index (κ3) is 2.84. The molecule has 5 nitrogen and oxygen atoms in total. The van der Waals surface area contributed by atoms with Gasteiger partial charge in [0, 0.05) is 16.7 Å². The highest BCUT2D eigenvalue weighted by molar-refractivity contribution is 5.87. The summed E-state index contributed by atoms with van der Waals surface area (Å²) in [6, 6.07) is 6.92. The number of carboxylic acid groups (broad SMARTS) is 1. The van der Waals surface area contributed by atoms with Crippen molar-refractivity contribution in [3.8, 4) is 5.69 Å². The Kier molecular flexibility index (Phi) is 4.22. The van der Waals surface area contributed by atoms with Crippen LogP contribution in [-0.2, 0) is 11.8 Å². The quantitative estimate of drug-likeness (QED) is 0.907. The fourth-order valence-electron chi connectivity index (χ4n) is 3.54. The van der Waals surface area contributed by atoms with Gasteiger partial charge in [0.15, 0.2) is 0 Å². The first kappa shape index (κ1) is 16.7. The highest BCUT2D eigenvalue weighted by atomic mass is 16.4. The first-order valence-corrected chi connectivity index (χ1v) is 8.49. The minimum absolute atomic E-state index is 0.0545.